The van der Waals surface area contributed by atoms with Gasteiger partial charge in [-0.05, 0) is 24.5 Å². The molecule has 2 rings (SSSR count). The summed E-state index contributed by atoms with van der Waals surface area (Å²) < 4.78 is 6.11. The molecule has 1 aromatic rings. The van der Waals surface area contributed by atoms with Gasteiger partial charge in [-0.1, -0.05) is 37.3 Å². The molecule has 16 heavy (non-hydrogen) atoms. The maximum atomic E-state index is 5.69. The molecule has 1 aliphatic rings. The van der Waals surface area contributed by atoms with Crippen molar-refractivity contribution in [3.63, 3.8) is 0 Å². The normalized spacial score (nSPS) is 24.2. The molecule has 1 aliphatic heterocycles. The van der Waals surface area contributed by atoms with Gasteiger partial charge >= 0.3 is 0 Å². The molecule has 1 nitrogen and oxygen atoms in total. The van der Waals surface area contributed by atoms with Crippen molar-refractivity contribution < 1.29 is 4.74 Å². The second kappa shape index (κ2) is 4.96. The fourth-order valence-electron chi connectivity index (χ4n) is 1.58. The summed E-state index contributed by atoms with van der Waals surface area (Å²) in [6.07, 6.45) is 3.10. The summed E-state index contributed by atoms with van der Waals surface area (Å²) in [4.78, 5) is 0. The summed E-state index contributed by atoms with van der Waals surface area (Å²) in [5.41, 5.74) is 2.43. The average molecular weight is 234 g/mol. The van der Waals surface area contributed by atoms with Crippen LogP contribution in [0.2, 0.25) is 0 Å². The monoisotopic (exact) mass is 234 g/mol. The molecule has 0 aromatic heterocycles. The molecule has 1 unspecified atom stereocenters. The van der Waals surface area contributed by atoms with Crippen LogP contribution in [0.25, 0.3) is 5.57 Å². The number of benzene rings is 1. The van der Waals surface area contributed by atoms with Gasteiger partial charge < -0.3 is 4.74 Å². The second-order valence-corrected chi connectivity index (χ2v) is 5.75. The Hall–Kier alpha value is -0.890. The van der Waals surface area contributed by atoms with Crippen molar-refractivity contribution in [3.05, 3.63) is 42.2 Å². The van der Waals surface area contributed by atoms with Crippen molar-refractivity contribution in [3.8, 4) is 0 Å². The van der Waals surface area contributed by atoms with E-state index < -0.39 is 0 Å². The SMILES string of the molecule is CCC1(CO/C=C(/C)c2ccccc2)CS1. The van der Waals surface area contributed by atoms with E-state index in [-0.39, 0.29) is 0 Å². The Morgan fingerprint density at radius 1 is 1.44 bits per heavy atom. The standard InChI is InChI=1S/C14H18OS/c1-3-14(11-16-14)10-15-9-12(2)13-7-5-4-6-8-13/h4-9H,3,10-11H2,1-2H3/b12-9-. The van der Waals surface area contributed by atoms with E-state index in [2.05, 4.69) is 38.1 Å². The molecule has 1 fully saturated rings. The summed E-state index contributed by atoms with van der Waals surface area (Å²) in [5, 5.41) is 0. The fraction of sp³-hybridized carbons (Fsp3) is 0.429. The predicted octanol–water partition coefficient (Wildman–Crippen LogP) is 3.96. The third kappa shape index (κ3) is 2.82. The molecule has 0 radical (unpaired) electrons. The highest BCUT2D eigenvalue weighted by Gasteiger charge is 2.42. The van der Waals surface area contributed by atoms with Gasteiger partial charge in [0.1, 0.15) is 6.61 Å². The minimum Gasteiger partial charge on any atom is -0.499 e. The first kappa shape index (κ1) is 11.6. The molecule has 0 bridgehead atoms. The topological polar surface area (TPSA) is 9.23 Å². The third-order valence-corrected chi connectivity index (χ3v) is 4.54. The number of ether oxygens (including phenoxy) is 1. The number of hydrogen-bond donors (Lipinski definition) is 0. The number of allylic oxidation sites excluding steroid dienone is 1. The Labute approximate surface area is 102 Å². The van der Waals surface area contributed by atoms with Crippen LogP contribution in [-0.4, -0.2) is 17.1 Å². The minimum atomic E-state index is 0.424. The first-order valence-electron chi connectivity index (χ1n) is 5.73. The number of thioether (sulfide) groups is 1. The van der Waals surface area contributed by atoms with Crippen LogP contribution in [-0.2, 0) is 4.74 Å². The van der Waals surface area contributed by atoms with E-state index in [4.69, 9.17) is 4.74 Å². The van der Waals surface area contributed by atoms with Gasteiger partial charge in [-0.15, -0.1) is 11.8 Å². The zero-order valence-electron chi connectivity index (χ0n) is 9.90. The van der Waals surface area contributed by atoms with Gasteiger partial charge in [0.25, 0.3) is 0 Å². The van der Waals surface area contributed by atoms with E-state index in [1.807, 2.05) is 24.1 Å². The van der Waals surface area contributed by atoms with Crippen molar-refractivity contribution in [1.82, 2.24) is 0 Å². The zero-order valence-corrected chi connectivity index (χ0v) is 10.7. The zero-order chi connectivity index (χ0) is 11.4. The molecule has 1 atom stereocenters. The molecule has 1 saturated heterocycles. The van der Waals surface area contributed by atoms with E-state index in [1.165, 1.54) is 23.3 Å². The Kier molecular flexibility index (Phi) is 3.59. The smallest absolute Gasteiger partial charge is 0.103 e. The summed E-state index contributed by atoms with van der Waals surface area (Å²) in [6, 6.07) is 10.4. The van der Waals surface area contributed by atoms with Crippen molar-refractivity contribution in [2.75, 3.05) is 12.4 Å². The Balaban J connectivity index is 1.88. The maximum absolute atomic E-state index is 5.69. The summed E-state index contributed by atoms with van der Waals surface area (Å²) in [5.74, 6) is 1.25. The fourth-order valence-corrected chi connectivity index (χ4v) is 2.43. The first-order chi connectivity index (χ1) is 7.76. The van der Waals surface area contributed by atoms with Gasteiger partial charge in [0.15, 0.2) is 0 Å². The Morgan fingerprint density at radius 3 is 2.69 bits per heavy atom. The lowest BCUT2D eigenvalue weighted by atomic mass is 10.1. The second-order valence-electron chi connectivity index (χ2n) is 4.30. The summed E-state index contributed by atoms with van der Waals surface area (Å²) >= 11 is 2.01. The van der Waals surface area contributed by atoms with Gasteiger partial charge in [0.2, 0.25) is 0 Å². The largest absolute Gasteiger partial charge is 0.499 e. The lowest BCUT2D eigenvalue weighted by molar-refractivity contribution is 0.229. The van der Waals surface area contributed by atoms with Crippen molar-refractivity contribution in [2.45, 2.75) is 25.0 Å². The highest BCUT2D eigenvalue weighted by molar-refractivity contribution is 8.07. The quantitative estimate of drug-likeness (QED) is 0.563. The van der Waals surface area contributed by atoms with Crippen LogP contribution in [0.1, 0.15) is 25.8 Å². The lowest BCUT2D eigenvalue weighted by Crippen LogP contribution is -2.14. The lowest BCUT2D eigenvalue weighted by Gasteiger charge is -2.10. The molecule has 2 heteroatoms. The van der Waals surface area contributed by atoms with Crippen LogP contribution in [0, 0.1) is 0 Å². The highest BCUT2D eigenvalue weighted by atomic mass is 32.2. The van der Waals surface area contributed by atoms with Crippen LogP contribution in [0.5, 0.6) is 0 Å². The minimum absolute atomic E-state index is 0.424. The molecule has 1 heterocycles. The molecule has 1 aromatic carbocycles. The maximum Gasteiger partial charge on any atom is 0.103 e. The number of hydrogen-bond acceptors (Lipinski definition) is 2. The van der Waals surface area contributed by atoms with E-state index in [0.717, 1.165) is 6.61 Å². The molecule has 0 spiro atoms. The van der Waals surface area contributed by atoms with Crippen molar-refractivity contribution in [2.24, 2.45) is 0 Å². The molecule has 0 aliphatic carbocycles. The Morgan fingerprint density at radius 2 is 2.12 bits per heavy atom. The van der Waals surface area contributed by atoms with Crippen molar-refractivity contribution in [1.29, 1.82) is 0 Å². The van der Waals surface area contributed by atoms with Gasteiger partial charge in [-0.25, -0.2) is 0 Å². The van der Waals surface area contributed by atoms with E-state index in [1.54, 1.807) is 0 Å². The molecular formula is C14H18OS. The van der Waals surface area contributed by atoms with E-state index in [9.17, 15) is 0 Å². The van der Waals surface area contributed by atoms with Gasteiger partial charge in [0, 0.05) is 5.75 Å². The Bertz CT molecular complexity index is 366. The van der Waals surface area contributed by atoms with Gasteiger partial charge in [0.05, 0.1) is 11.0 Å². The van der Waals surface area contributed by atoms with Crippen LogP contribution in [0.15, 0.2) is 36.6 Å². The van der Waals surface area contributed by atoms with Gasteiger partial charge in [-0.2, -0.15) is 0 Å². The van der Waals surface area contributed by atoms with Gasteiger partial charge in [-0.3, -0.25) is 0 Å². The number of rotatable bonds is 5. The highest BCUT2D eigenvalue weighted by Crippen LogP contribution is 2.47. The predicted molar refractivity (Wildman–Crippen MR) is 71.5 cm³/mol. The summed E-state index contributed by atoms with van der Waals surface area (Å²) in [7, 11) is 0. The molecule has 0 saturated carbocycles. The van der Waals surface area contributed by atoms with Crippen LogP contribution in [0.3, 0.4) is 0 Å². The van der Waals surface area contributed by atoms with E-state index in [0.29, 0.717) is 4.75 Å². The van der Waals surface area contributed by atoms with Crippen LogP contribution >= 0.6 is 11.8 Å². The first-order valence-corrected chi connectivity index (χ1v) is 6.72. The van der Waals surface area contributed by atoms with Crippen molar-refractivity contribution >= 4 is 17.3 Å². The average Bonchev–Trinajstić information content (AvgIpc) is 3.11. The summed E-state index contributed by atoms with van der Waals surface area (Å²) in [6.45, 7) is 5.17. The molecular weight excluding hydrogens is 216 g/mol. The molecule has 0 amide bonds. The third-order valence-electron chi connectivity index (χ3n) is 3.03. The molecule has 0 N–H and O–H groups in total. The molecule has 86 valence electrons. The van der Waals surface area contributed by atoms with E-state index >= 15 is 0 Å². The van der Waals surface area contributed by atoms with Crippen LogP contribution < -0.4 is 0 Å². The van der Waals surface area contributed by atoms with Crippen LogP contribution in [0.4, 0.5) is 0 Å².